The Hall–Kier alpha value is -5.02. The van der Waals surface area contributed by atoms with Gasteiger partial charge in [0.05, 0.1) is 28.5 Å². The molecular formula is C35H25N3. The van der Waals surface area contributed by atoms with Crippen LogP contribution in [0.3, 0.4) is 0 Å². The molecule has 0 atom stereocenters. The first-order valence-electron chi connectivity index (χ1n) is 12.9. The number of anilines is 3. The molecule has 0 radical (unpaired) electrons. The van der Waals surface area contributed by atoms with E-state index in [1.165, 1.54) is 0 Å². The summed E-state index contributed by atoms with van der Waals surface area (Å²) in [6.45, 7) is 0. The molecule has 2 aromatic heterocycles. The van der Waals surface area contributed by atoms with Gasteiger partial charge in [0.2, 0.25) is 0 Å². The molecule has 3 heterocycles. The Bertz CT molecular complexity index is 1670. The van der Waals surface area contributed by atoms with Crippen LogP contribution in [0.5, 0.6) is 0 Å². The van der Waals surface area contributed by atoms with Crippen LogP contribution >= 0.6 is 0 Å². The molecule has 0 amide bonds. The van der Waals surface area contributed by atoms with Crippen molar-refractivity contribution in [2.24, 2.45) is 0 Å². The monoisotopic (exact) mass is 487 g/mol. The average Bonchev–Trinajstić information content (AvgIpc) is 3.01. The second-order valence-electron chi connectivity index (χ2n) is 9.44. The summed E-state index contributed by atoms with van der Waals surface area (Å²) in [7, 11) is 0. The zero-order chi connectivity index (χ0) is 25.4. The second-order valence-corrected chi connectivity index (χ2v) is 9.44. The smallest absolute Gasteiger partial charge is 0.108 e. The molecule has 0 fully saturated rings. The van der Waals surface area contributed by atoms with Crippen LogP contribution in [0.15, 0.2) is 152 Å². The van der Waals surface area contributed by atoms with Crippen LogP contribution in [0.25, 0.3) is 11.3 Å². The predicted molar refractivity (Wildman–Crippen MR) is 154 cm³/mol. The van der Waals surface area contributed by atoms with E-state index in [-0.39, 0.29) is 0 Å². The van der Waals surface area contributed by atoms with Gasteiger partial charge < -0.3 is 4.90 Å². The van der Waals surface area contributed by atoms with E-state index in [0.29, 0.717) is 0 Å². The minimum atomic E-state index is -0.704. The molecule has 3 nitrogen and oxygen atoms in total. The number of hydrogen-bond acceptors (Lipinski definition) is 3. The van der Waals surface area contributed by atoms with E-state index < -0.39 is 5.41 Å². The highest BCUT2D eigenvalue weighted by atomic mass is 15.2. The first-order valence-corrected chi connectivity index (χ1v) is 12.9. The summed E-state index contributed by atoms with van der Waals surface area (Å²) in [4.78, 5) is 12.7. The minimum absolute atomic E-state index is 0.704. The van der Waals surface area contributed by atoms with Gasteiger partial charge in [-0.15, -0.1) is 0 Å². The lowest BCUT2D eigenvalue weighted by Gasteiger charge is -2.45. The number of aromatic nitrogens is 2. The predicted octanol–water partition coefficient (Wildman–Crippen LogP) is 8.31. The summed E-state index contributed by atoms with van der Waals surface area (Å²) in [6.07, 6.45) is 1.88. The molecule has 0 N–H and O–H groups in total. The third-order valence-corrected chi connectivity index (χ3v) is 7.36. The van der Waals surface area contributed by atoms with Gasteiger partial charge in [-0.3, -0.25) is 9.97 Å². The van der Waals surface area contributed by atoms with Crippen molar-refractivity contribution in [3.05, 3.63) is 174 Å². The van der Waals surface area contributed by atoms with Crippen molar-refractivity contribution < 1.29 is 0 Å². The highest BCUT2D eigenvalue weighted by Crippen LogP contribution is 2.56. The van der Waals surface area contributed by atoms with Gasteiger partial charge in [-0.2, -0.15) is 0 Å². The Balaban J connectivity index is 1.60. The molecule has 0 saturated heterocycles. The minimum Gasteiger partial charge on any atom is -0.310 e. The van der Waals surface area contributed by atoms with Gasteiger partial charge in [0, 0.05) is 17.4 Å². The van der Waals surface area contributed by atoms with Gasteiger partial charge in [0.15, 0.2) is 0 Å². The molecule has 0 spiro atoms. The Kier molecular flexibility index (Phi) is 5.33. The Morgan fingerprint density at radius 1 is 0.474 bits per heavy atom. The number of fused-ring (bicyclic) bond motifs is 2. The maximum atomic E-state index is 5.35. The van der Waals surface area contributed by atoms with Gasteiger partial charge in [0.1, 0.15) is 5.41 Å². The molecule has 1 aliphatic rings. The third kappa shape index (κ3) is 3.36. The highest BCUT2D eigenvalue weighted by molar-refractivity contribution is 5.88. The second kappa shape index (κ2) is 9.13. The number of rotatable bonds is 4. The number of benzene rings is 4. The third-order valence-electron chi connectivity index (χ3n) is 7.36. The van der Waals surface area contributed by atoms with Gasteiger partial charge >= 0.3 is 0 Å². The first kappa shape index (κ1) is 22.2. The van der Waals surface area contributed by atoms with Crippen molar-refractivity contribution in [1.29, 1.82) is 0 Å². The van der Waals surface area contributed by atoms with Crippen molar-refractivity contribution in [2.45, 2.75) is 5.41 Å². The molecule has 6 aromatic rings. The van der Waals surface area contributed by atoms with Crippen molar-refractivity contribution in [2.75, 3.05) is 4.90 Å². The van der Waals surface area contributed by atoms with E-state index in [9.17, 15) is 0 Å². The summed E-state index contributed by atoms with van der Waals surface area (Å²) in [5.41, 5.74) is 8.89. The maximum Gasteiger partial charge on any atom is 0.108 e. The largest absolute Gasteiger partial charge is 0.310 e. The zero-order valence-corrected chi connectivity index (χ0v) is 20.8. The number of nitrogens with zero attached hydrogens (tertiary/aromatic N) is 3. The van der Waals surface area contributed by atoms with Crippen LogP contribution in [0.4, 0.5) is 17.1 Å². The highest BCUT2D eigenvalue weighted by Gasteiger charge is 2.48. The average molecular weight is 488 g/mol. The van der Waals surface area contributed by atoms with Crippen LogP contribution in [-0.4, -0.2) is 9.97 Å². The normalized spacial score (nSPS) is 13.4. The van der Waals surface area contributed by atoms with Gasteiger partial charge in [-0.05, 0) is 59.7 Å². The van der Waals surface area contributed by atoms with E-state index in [2.05, 4.69) is 138 Å². The molecule has 1 aliphatic heterocycles. The first-order chi connectivity index (χ1) is 18.9. The fraction of sp³-hybridized carbons (Fsp3) is 0.0286. The molecule has 0 unspecified atom stereocenters. The summed E-state index contributed by atoms with van der Waals surface area (Å²) >= 11 is 0. The Labute approximate surface area is 222 Å². The van der Waals surface area contributed by atoms with Crippen molar-refractivity contribution in [3.8, 4) is 11.3 Å². The number of pyridine rings is 2. The molecule has 0 aliphatic carbocycles. The standard InChI is InChI=1S/C35H25N3/c1-3-14-26(15-4-1)30-20-13-24-34(37-30)35(33-23-11-12-25-36-33)28-18-7-9-21-31(28)38(27-16-5-2-6-17-27)32-22-10-8-19-29(32)35/h1-25H. The molecule has 4 aromatic carbocycles. The fourth-order valence-corrected chi connectivity index (χ4v) is 5.78. The summed E-state index contributed by atoms with van der Waals surface area (Å²) in [5, 5.41) is 0. The summed E-state index contributed by atoms with van der Waals surface area (Å²) < 4.78 is 0. The zero-order valence-electron chi connectivity index (χ0n) is 20.8. The van der Waals surface area contributed by atoms with E-state index in [4.69, 9.17) is 9.97 Å². The van der Waals surface area contributed by atoms with Crippen LogP contribution in [-0.2, 0) is 5.41 Å². The SMILES string of the molecule is c1ccc(-c2cccc(C3(c4ccccn4)c4ccccc4N(c4ccccc4)c4ccccc43)n2)cc1. The number of para-hydroxylation sites is 3. The van der Waals surface area contributed by atoms with Gasteiger partial charge in [-0.25, -0.2) is 0 Å². The number of hydrogen-bond donors (Lipinski definition) is 0. The quantitative estimate of drug-likeness (QED) is 0.250. The van der Waals surface area contributed by atoms with Crippen molar-refractivity contribution >= 4 is 17.1 Å². The van der Waals surface area contributed by atoms with Crippen LogP contribution in [0.2, 0.25) is 0 Å². The van der Waals surface area contributed by atoms with Crippen LogP contribution in [0.1, 0.15) is 22.5 Å². The fourth-order valence-electron chi connectivity index (χ4n) is 5.78. The molecular weight excluding hydrogens is 462 g/mol. The van der Waals surface area contributed by atoms with Gasteiger partial charge in [-0.1, -0.05) is 97.1 Å². The molecule has 7 rings (SSSR count). The van der Waals surface area contributed by atoms with E-state index in [1.54, 1.807) is 0 Å². The Morgan fingerprint density at radius 2 is 1.05 bits per heavy atom. The van der Waals surface area contributed by atoms with E-state index >= 15 is 0 Å². The molecule has 38 heavy (non-hydrogen) atoms. The summed E-state index contributed by atoms with van der Waals surface area (Å²) in [5.74, 6) is 0. The van der Waals surface area contributed by atoms with Crippen molar-refractivity contribution in [3.63, 3.8) is 0 Å². The summed E-state index contributed by atoms with van der Waals surface area (Å²) in [6, 6.07) is 50.8. The lowest BCUT2D eigenvalue weighted by atomic mass is 9.65. The van der Waals surface area contributed by atoms with E-state index in [0.717, 1.165) is 50.8 Å². The van der Waals surface area contributed by atoms with E-state index in [1.807, 2.05) is 18.3 Å². The Morgan fingerprint density at radius 3 is 1.71 bits per heavy atom. The lowest BCUT2D eigenvalue weighted by molar-refractivity contribution is 0.678. The molecule has 3 heteroatoms. The van der Waals surface area contributed by atoms with Crippen LogP contribution in [0, 0.1) is 0 Å². The van der Waals surface area contributed by atoms with Gasteiger partial charge in [0.25, 0.3) is 0 Å². The topological polar surface area (TPSA) is 29.0 Å². The van der Waals surface area contributed by atoms with Crippen LogP contribution < -0.4 is 4.90 Å². The maximum absolute atomic E-state index is 5.35. The van der Waals surface area contributed by atoms with Crippen molar-refractivity contribution in [1.82, 2.24) is 9.97 Å². The molecule has 180 valence electrons. The molecule has 0 bridgehead atoms. The lowest BCUT2D eigenvalue weighted by Crippen LogP contribution is -2.39. The molecule has 0 saturated carbocycles.